The maximum atomic E-state index is 13.5. The Balaban J connectivity index is 2.19. The zero-order valence-electron chi connectivity index (χ0n) is 11.2. The van der Waals surface area contributed by atoms with Crippen LogP contribution in [0.3, 0.4) is 0 Å². The highest BCUT2D eigenvalue weighted by molar-refractivity contribution is 5.31. The number of alkyl halides is 1. The normalized spacial score (nSPS) is 12.6. The maximum absolute atomic E-state index is 13.5. The first-order chi connectivity index (χ1) is 9.31. The fourth-order valence-corrected chi connectivity index (χ4v) is 2.11. The highest BCUT2D eigenvalue weighted by Gasteiger charge is 2.14. The van der Waals surface area contributed by atoms with Gasteiger partial charge in [-0.15, -0.1) is 0 Å². The van der Waals surface area contributed by atoms with Gasteiger partial charge in [-0.05, 0) is 17.5 Å². The Morgan fingerprint density at radius 3 is 1.79 bits per heavy atom. The lowest BCUT2D eigenvalue weighted by Crippen LogP contribution is -2.28. The highest BCUT2D eigenvalue weighted by Crippen LogP contribution is 2.21. The van der Waals surface area contributed by atoms with E-state index in [1.54, 1.807) is 0 Å². The Hall–Kier alpha value is -1.67. The van der Waals surface area contributed by atoms with Gasteiger partial charge in [0, 0.05) is 6.54 Å². The van der Waals surface area contributed by atoms with Crippen molar-refractivity contribution in [2.75, 3.05) is 6.54 Å². The standard InChI is InChI=1S/C17H20FN/c1-2-16(18)13-19-17(14-9-5-3-6-10-14)15-11-7-4-8-12-15/h3-12,16-17,19H,2,13H2,1H3. The monoisotopic (exact) mass is 257 g/mol. The van der Waals surface area contributed by atoms with E-state index in [-0.39, 0.29) is 6.04 Å². The smallest absolute Gasteiger partial charge is 0.112 e. The molecule has 0 bridgehead atoms. The number of hydrogen-bond acceptors (Lipinski definition) is 1. The predicted molar refractivity (Wildman–Crippen MR) is 77.9 cm³/mol. The molecular weight excluding hydrogens is 237 g/mol. The summed E-state index contributed by atoms with van der Waals surface area (Å²) < 4.78 is 13.5. The van der Waals surface area contributed by atoms with Gasteiger partial charge in [0.1, 0.15) is 6.17 Å². The van der Waals surface area contributed by atoms with Crippen LogP contribution in [0.4, 0.5) is 4.39 Å². The minimum Gasteiger partial charge on any atom is -0.303 e. The molecule has 0 radical (unpaired) electrons. The molecule has 2 aromatic rings. The third kappa shape index (κ3) is 3.90. The van der Waals surface area contributed by atoms with Gasteiger partial charge in [-0.2, -0.15) is 0 Å². The van der Waals surface area contributed by atoms with Crippen molar-refractivity contribution in [2.45, 2.75) is 25.6 Å². The van der Waals surface area contributed by atoms with Gasteiger partial charge in [-0.1, -0.05) is 67.6 Å². The van der Waals surface area contributed by atoms with Crippen LogP contribution >= 0.6 is 0 Å². The molecule has 0 aliphatic heterocycles. The summed E-state index contributed by atoms with van der Waals surface area (Å²) in [4.78, 5) is 0. The van der Waals surface area contributed by atoms with Gasteiger partial charge in [0.15, 0.2) is 0 Å². The Morgan fingerprint density at radius 1 is 0.895 bits per heavy atom. The third-order valence-electron chi connectivity index (χ3n) is 3.25. The van der Waals surface area contributed by atoms with Gasteiger partial charge in [0.05, 0.1) is 6.04 Å². The highest BCUT2D eigenvalue weighted by atomic mass is 19.1. The first kappa shape index (κ1) is 13.8. The van der Waals surface area contributed by atoms with Crippen LogP contribution < -0.4 is 5.32 Å². The summed E-state index contributed by atoms with van der Waals surface area (Å²) in [5.41, 5.74) is 2.33. The summed E-state index contributed by atoms with van der Waals surface area (Å²) in [5, 5.41) is 3.33. The van der Waals surface area contributed by atoms with E-state index in [1.807, 2.05) is 43.3 Å². The average molecular weight is 257 g/mol. The van der Waals surface area contributed by atoms with E-state index < -0.39 is 6.17 Å². The molecule has 0 aromatic heterocycles. The van der Waals surface area contributed by atoms with Crippen LogP contribution in [0.25, 0.3) is 0 Å². The van der Waals surface area contributed by atoms with E-state index in [1.165, 1.54) is 0 Å². The molecule has 0 saturated heterocycles. The molecule has 0 spiro atoms. The van der Waals surface area contributed by atoms with E-state index in [0.717, 1.165) is 11.1 Å². The second-order valence-electron chi connectivity index (χ2n) is 4.67. The van der Waals surface area contributed by atoms with Gasteiger partial charge in [0.25, 0.3) is 0 Å². The van der Waals surface area contributed by atoms with Gasteiger partial charge in [-0.25, -0.2) is 4.39 Å². The van der Waals surface area contributed by atoms with Crippen molar-refractivity contribution in [3.63, 3.8) is 0 Å². The molecule has 100 valence electrons. The summed E-state index contributed by atoms with van der Waals surface area (Å²) in [5.74, 6) is 0. The number of nitrogens with one attached hydrogen (secondary N) is 1. The van der Waals surface area contributed by atoms with Crippen LogP contribution in [0, 0.1) is 0 Å². The topological polar surface area (TPSA) is 12.0 Å². The second kappa shape index (κ2) is 7.05. The average Bonchev–Trinajstić information content (AvgIpc) is 2.49. The van der Waals surface area contributed by atoms with E-state index in [0.29, 0.717) is 13.0 Å². The van der Waals surface area contributed by atoms with Crippen molar-refractivity contribution >= 4 is 0 Å². The quantitative estimate of drug-likeness (QED) is 0.821. The van der Waals surface area contributed by atoms with Crippen molar-refractivity contribution < 1.29 is 4.39 Å². The summed E-state index contributed by atoms with van der Waals surface area (Å²) in [6.07, 6.45) is -0.251. The van der Waals surface area contributed by atoms with Crippen molar-refractivity contribution in [1.29, 1.82) is 0 Å². The molecule has 2 heteroatoms. The maximum Gasteiger partial charge on any atom is 0.112 e. The first-order valence-electron chi connectivity index (χ1n) is 6.78. The van der Waals surface area contributed by atoms with Crippen LogP contribution in [0.5, 0.6) is 0 Å². The molecule has 0 aliphatic rings. The van der Waals surface area contributed by atoms with Gasteiger partial charge in [0.2, 0.25) is 0 Å². The number of benzene rings is 2. The van der Waals surface area contributed by atoms with E-state index in [2.05, 4.69) is 29.6 Å². The largest absolute Gasteiger partial charge is 0.303 e. The van der Waals surface area contributed by atoms with E-state index >= 15 is 0 Å². The van der Waals surface area contributed by atoms with Crippen molar-refractivity contribution in [2.24, 2.45) is 0 Å². The molecule has 0 aliphatic carbocycles. The van der Waals surface area contributed by atoms with Gasteiger partial charge < -0.3 is 5.32 Å². The lowest BCUT2D eigenvalue weighted by molar-refractivity contribution is 0.304. The zero-order chi connectivity index (χ0) is 13.5. The minimum atomic E-state index is -0.796. The van der Waals surface area contributed by atoms with Crippen LogP contribution in [-0.2, 0) is 0 Å². The van der Waals surface area contributed by atoms with Crippen LogP contribution in [-0.4, -0.2) is 12.7 Å². The van der Waals surface area contributed by atoms with Crippen LogP contribution in [0.15, 0.2) is 60.7 Å². The molecule has 0 heterocycles. The van der Waals surface area contributed by atoms with E-state index in [4.69, 9.17) is 0 Å². The third-order valence-corrected chi connectivity index (χ3v) is 3.25. The molecule has 0 fully saturated rings. The molecule has 0 amide bonds. The van der Waals surface area contributed by atoms with Crippen molar-refractivity contribution in [3.8, 4) is 0 Å². The number of hydrogen-bond donors (Lipinski definition) is 1. The molecular formula is C17H20FN. The number of halogens is 1. The minimum absolute atomic E-state index is 0.0483. The molecule has 19 heavy (non-hydrogen) atoms. The van der Waals surface area contributed by atoms with Crippen molar-refractivity contribution in [1.82, 2.24) is 5.32 Å². The predicted octanol–water partition coefficient (Wildman–Crippen LogP) is 4.11. The van der Waals surface area contributed by atoms with Crippen LogP contribution in [0.1, 0.15) is 30.5 Å². The summed E-state index contributed by atoms with van der Waals surface area (Å²) >= 11 is 0. The molecule has 1 atom stereocenters. The van der Waals surface area contributed by atoms with Crippen LogP contribution in [0.2, 0.25) is 0 Å². The molecule has 2 rings (SSSR count). The number of rotatable bonds is 6. The SMILES string of the molecule is CCC(F)CNC(c1ccccc1)c1ccccc1. The lowest BCUT2D eigenvalue weighted by Gasteiger charge is -2.20. The Kier molecular flexibility index (Phi) is 5.10. The molecule has 0 saturated carbocycles. The zero-order valence-corrected chi connectivity index (χ0v) is 11.2. The fourth-order valence-electron chi connectivity index (χ4n) is 2.11. The molecule has 1 nitrogen and oxygen atoms in total. The van der Waals surface area contributed by atoms with Gasteiger partial charge in [-0.3, -0.25) is 0 Å². The summed E-state index contributed by atoms with van der Waals surface area (Å²) in [7, 11) is 0. The summed E-state index contributed by atoms with van der Waals surface area (Å²) in [6.45, 7) is 2.25. The molecule has 1 N–H and O–H groups in total. The summed E-state index contributed by atoms with van der Waals surface area (Å²) in [6, 6.07) is 20.4. The van der Waals surface area contributed by atoms with Crippen molar-refractivity contribution in [3.05, 3.63) is 71.8 Å². The van der Waals surface area contributed by atoms with Gasteiger partial charge >= 0.3 is 0 Å². The Bertz CT molecular complexity index is 430. The second-order valence-corrected chi connectivity index (χ2v) is 4.67. The Labute approximate surface area is 114 Å². The molecule has 1 unspecified atom stereocenters. The Morgan fingerprint density at radius 2 is 1.37 bits per heavy atom. The lowest BCUT2D eigenvalue weighted by atomic mass is 9.98. The first-order valence-corrected chi connectivity index (χ1v) is 6.78. The molecule has 2 aromatic carbocycles. The fraction of sp³-hybridized carbons (Fsp3) is 0.294. The van der Waals surface area contributed by atoms with E-state index in [9.17, 15) is 4.39 Å².